The summed E-state index contributed by atoms with van der Waals surface area (Å²) in [5.74, 6) is 1.71. The quantitative estimate of drug-likeness (QED) is 0.867. The first-order valence-electron chi connectivity index (χ1n) is 7.50. The summed E-state index contributed by atoms with van der Waals surface area (Å²) in [5.41, 5.74) is 1.37. The predicted molar refractivity (Wildman–Crippen MR) is 75.4 cm³/mol. The molecule has 0 aromatic carbocycles. The van der Waals surface area contributed by atoms with E-state index in [1.54, 1.807) is 0 Å². The van der Waals surface area contributed by atoms with Crippen LogP contribution in [0.15, 0.2) is 12.4 Å². The second-order valence-electron chi connectivity index (χ2n) is 5.68. The Morgan fingerprint density at radius 1 is 1.33 bits per heavy atom. The summed E-state index contributed by atoms with van der Waals surface area (Å²) >= 11 is 0. The third kappa shape index (κ3) is 3.14. The molecule has 0 aliphatic heterocycles. The molecular weight excluding hydrogens is 222 g/mol. The molecule has 1 heterocycles. The molecule has 102 valence electrons. The van der Waals surface area contributed by atoms with E-state index in [0.29, 0.717) is 6.04 Å². The molecule has 1 aliphatic carbocycles. The van der Waals surface area contributed by atoms with Crippen molar-refractivity contribution in [2.45, 2.75) is 59.0 Å². The fraction of sp³-hybridized carbons (Fsp3) is 0.800. The van der Waals surface area contributed by atoms with Crippen LogP contribution in [0.5, 0.6) is 0 Å². The molecule has 1 saturated carbocycles. The standard InChI is InChI=1S/C15H27N3/c1-4-16-15(13-8-6-12(3)7-9-13)14-10-17-18(5-2)11-14/h10-13,15-16H,4-9H2,1-3H3. The van der Waals surface area contributed by atoms with E-state index in [2.05, 4.69) is 43.6 Å². The summed E-state index contributed by atoms with van der Waals surface area (Å²) in [6.45, 7) is 8.71. The molecule has 1 aliphatic rings. The molecule has 1 aromatic rings. The van der Waals surface area contributed by atoms with Gasteiger partial charge in [0.1, 0.15) is 0 Å². The second-order valence-corrected chi connectivity index (χ2v) is 5.68. The van der Waals surface area contributed by atoms with Crippen LogP contribution in [0.2, 0.25) is 0 Å². The smallest absolute Gasteiger partial charge is 0.0537 e. The van der Waals surface area contributed by atoms with E-state index in [-0.39, 0.29) is 0 Å². The molecular formula is C15H27N3. The van der Waals surface area contributed by atoms with Crippen LogP contribution in [0.4, 0.5) is 0 Å². The number of rotatable bonds is 5. The van der Waals surface area contributed by atoms with E-state index in [1.807, 2.05) is 4.68 Å². The van der Waals surface area contributed by atoms with Gasteiger partial charge in [-0.2, -0.15) is 5.10 Å². The van der Waals surface area contributed by atoms with Gasteiger partial charge < -0.3 is 5.32 Å². The Morgan fingerprint density at radius 2 is 2.06 bits per heavy atom. The minimum absolute atomic E-state index is 0.503. The van der Waals surface area contributed by atoms with Gasteiger partial charge in [-0.25, -0.2) is 0 Å². The SMILES string of the molecule is CCNC(c1cnn(CC)c1)C1CCC(C)CC1. The van der Waals surface area contributed by atoms with Crippen LogP contribution >= 0.6 is 0 Å². The lowest BCUT2D eigenvalue weighted by molar-refractivity contribution is 0.233. The van der Waals surface area contributed by atoms with Gasteiger partial charge in [0.25, 0.3) is 0 Å². The fourth-order valence-electron chi connectivity index (χ4n) is 3.11. The number of aromatic nitrogens is 2. The minimum Gasteiger partial charge on any atom is -0.310 e. The molecule has 3 heteroatoms. The Balaban J connectivity index is 2.07. The second kappa shape index (κ2) is 6.37. The van der Waals surface area contributed by atoms with Crippen molar-refractivity contribution >= 4 is 0 Å². The lowest BCUT2D eigenvalue weighted by atomic mass is 9.78. The topological polar surface area (TPSA) is 29.9 Å². The first-order chi connectivity index (χ1) is 8.74. The lowest BCUT2D eigenvalue weighted by Crippen LogP contribution is -2.30. The lowest BCUT2D eigenvalue weighted by Gasteiger charge is -2.32. The van der Waals surface area contributed by atoms with Gasteiger partial charge in [-0.15, -0.1) is 0 Å². The van der Waals surface area contributed by atoms with Gasteiger partial charge in [0, 0.05) is 24.3 Å². The van der Waals surface area contributed by atoms with Crippen molar-refractivity contribution < 1.29 is 0 Å². The summed E-state index contributed by atoms with van der Waals surface area (Å²) in [5, 5.41) is 8.09. The van der Waals surface area contributed by atoms with E-state index in [1.165, 1.54) is 31.2 Å². The van der Waals surface area contributed by atoms with Crippen LogP contribution in [-0.2, 0) is 6.54 Å². The summed E-state index contributed by atoms with van der Waals surface area (Å²) in [4.78, 5) is 0. The van der Waals surface area contributed by atoms with Crippen LogP contribution in [0.3, 0.4) is 0 Å². The van der Waals surface area contributed by atoms with Gasteiger partial charge in [0.15, 0.2) is 0 Å². The van der Waals surface area contributed by atoms with Crippen molar-refractivity contribution in [1.29, 1.82) is 0 Å². The van der Waals surface area contributed by atoms with Crippen molar-refractivity contribution in [3.63, 3.8) is 0 Å². The Bertz CT molecular complexity index is 350. The molecule has 2 rings (SSSR count). The number of nitrogens with zero attached hydrogens (tertiary/aromatic N) is 2. The molecule has 0 radical (unpaired) electrons. The van der Waals surface area contributed by atoms with Crippen LogP contribution in [0.25, 0.3) is 0 Å². The van der Waals surface area contributed by atoms with E-state index in [9.17, 15) is 0 Å². The van der Waals surface area contributed by atoms with Crippen molar-refractivity contribution in [2.24, 2.45) is 11.8 Å². The maximum Gasteiger partial charge on any atom is 0.0537 e. The highest BCUT2D eigenvalue weighted by molar-refractivity contribution is 5.12. The average molecular weight is 249 g/mol. The van der Waals surface area contributed by atoms with Crippen molar-refractivity contribution in [1.82, 2.24) is 15.1 Å². The molecule has 0 amide bonds. The van der Waals surface area contributed by atoms with Gasteiger partial charge in [0.05, 0.1) is 6.20 Å². The average Bonchev–Trinajstić information content (AvgIpc) is 2.86. The van der Waals surface area contributed by atoms with Crippen molar-refractivity contribution in [3.05, 3.63) is 18.0 Å². The third-order valence-corrected chi connectivity index (χ3v) is 4.29. The Hall–Kier alpha value is -0.830. The monoisotopic (exact) mass is 249 g/mol. The summed E-state index contributed by atoms with van der Waals surface area (Å²) in [6.07, 6.45) is 9.75. The van der Waals surface area contributed by atoms with E-state index in [4.69, 9.17) is 0 Å². The molecule has 1 atom stereocenters. The largest absolute Gasteiger partial charge is 0.310 e. The normalized spacial score (nSPS) is 26.2. The van der Waals surface area contributed by atoms with Gasteiger partial charge in [-0.05, 0) is 38.1 Å². The molecule has 0 saturated heterocycles. The highest BCUT2D eigenvalue weighted by atomic mass is 15.3. The molecule has 0 spiro atoms. The molecule has 1 N–H and O–H groups in total. The zero-order valence-electron chi connectivity index (χ0n) is 12.0. The Labute approximate surface area is 111 Å². The maximum absolute atomic E-state index is 4.42. The van der Waals surface area contributed by atoms with E-state index in [0.717, 1.165) is 24.9 Å². The highest BCUT2D eigenvalue weighted by Crippen LogP contribution is 2.36. The highest BCUT2D eigenvalue weighted by Gasteiger charge is 2.27. The zero-order valence-corrected chi connectivity index (χ0v) is 12.0. The first kappa shape index (κ1) is 13.6. The number of nitrogens with one attached hydrogen (secondary N) is 1. The summed E-state index contributed by atoms with van der Waals surface area (Å²) in [7, 11) is 0. The van der Waals surface area contributed by atoms with Crippen LogP contribution < -0.4 is 5.32 Å². The molecule has 1 fully saturated rings. The van der Waals surface area contributed by atoms with Crippen LogP contribution in [0.1, 0.15) is 58.1 Å². The van der Waals surface area contributed by atoms with Crippen LogP contribution in [0, 0.1) is 11.8 Å². The molecule has 1 aromatic heterocycles. The first-order valence-corrected chi connectivity index (χ1v) is 7.50. The summed E-state index contributed by atoms with van der Waals surface area (Å²) < 4.78 is 2.03. The number of hydrogen-bond acceptors (Lipinski definition) is 2. The maximum atomic E-state index is 4.42. The van der Waals surface area contributed by atoms with Crippen molar-refractivity contribution in [3.8, 4) is 0 Å². The summed E-state index contributed by atoms with van der Waals surface area (Å²) in [6, 6.07) is 0.503. The predicted octanol–water partition coefficient (Wildman–Crippen LogP) is 3.38. The van der Waals surface area contributed by atoms with E-state index < -0.39 is 0 Å². The Kier molecular flexibility index (Phi) is 4.81. The zero-order chi connectivity index (χ0) is 13.0. The molecule has 18 heavy (non-hydrogen) atoms. The van der Waals surface area contributed by atoms with Gasteiger partial charge >= 0.3 is 0 Å². The van der Waals surface area contributed by atoms with Gasteiger partial charge in [-0.1, -0.05) is 26.7 Å². The number of hydrogen-bond donors (Lipinski definition) is 1. The molecule has 3 nitrogen and oxygen atoms in total. The van der Waals surface area contributed by atoms with Crippen LogP contribution in [-0.4, -0.2) is 16.3 Å². The van der Waals surface area contributed by atoms with Gasteiger partial charge in [-0.3, -0.25) is 4.68 Å². The third-order valence-electron chi connectivity index (χ3n) is 4.29. The van der Waals surface area contributed by atoms with Gasteiger partial charge in [0.2, 0.25) is 0 Å². The number of aryl methyl sites for hydroxylation is 1. The van der Waals surface area contributed by atoms with E-state index >= 15 is 0 Å². The Morgan fingerprint density at radius 3 is 2.61 bits per heavy atom. The molecule has 0 bridgehead atoms. The fourth-order valence-corrected chi connectivity index (χ4v) is 3.11. The molecule has 1 unspecified atom stereocenters. The van der Waals surface area contributed by atoms with Crippen molar-refractivity contribution in [2.75, 3.05) is 6.54 Å². The minimum atomic E-state index is 0.503.